The molecule has 146 valence electrons. The Morgan fingerprint density at radius 1 is 0.724 bits per heavy atom. The van der Waals surface area contributed by atoms with E-state index in [2.05, 4.69) is 90.1 Å². The van der Waals surface area contributed by atoms with E-state index in [0.29, 0.717) is 5.71 Å². The summed E-state index contributed by atoms with van der Waals surface area (Å²) >= 11 is 0. The summed E-state index contributed by atoms with van der Waals surface area (Å²) in [5, 5.41) is 11.6. The summed E-state index contributed by atoms with van der Waals surface area (Å²) in [7, 11) is 0. The quantitative estimate of drug-likeness (QED) is 0.451. The third-order valence-corrected chi connectivity index (χ3v) is 6.90. The summed E-state index contributed by atoms with van der Waals surface area (Å²) < 4.78 is 0. The summed E-state index contributed by atoms with van der Waals surface area (Å²) in [5.74, 6) is 0. The van der Waals surface area contributed by atoms with Gasteiger partial charge in [0, 0.05) is 11.1 Å². The van der Waals surface area contributed by atoms with E-state index in [9.17, 15) is 5.41 Å². The zero-order valence-corrected chi connectivity index (χ0v) is 18.3. The monoisotopic (exact) mass is 379 g/mol. The lowest BCUT2D eigenvalue weighted by Gasteiger charge is -2.18. The molecule has 1 heteroatoms. The van der Waals surface area contributed by atoms with Crippen molar-refractivity contribution >= 4 is 22.1 Å². The molecule has 0 spiro atoms. The highest BCUT2D eigenvalue weighted by atomic mass is 14.4. The smallest absolute Gasteiger partial charge is 0.0693 e. The minimum absolute atomic E-state index is 0.619. The molecule has 0 fully saturated rings. The fraction of sp³-hybridized carbons (Fsp3) is 0.250. The molecule has 0 saturated heterocycles. The lowest BCUT2D eigenvalue weighted by Crippen LogP contribution is -2.09. The molecule has 0 radical (unpaired) electrons. The first-order chi connectivity index (χ1) is 13.8. The Balaban J connectivity index is 1.97. The molecule has 0 unspecified atom stereocenters. The zero-order valence-electron chi connectivity index (χ0n) is 18.3. The number of nitrogens with one attached hydrogen (secondary N) is 1. The van der Waals surface area contributed by atoms with Gasteiger partial charge in [0.05, 0.1) is 5.71 Å². The molecule has 29 heavy (non-hydrogen) atoms. The Kier molecular flexibility index (Phi) is 4.78. The van der Waals surface area contributed by atoms with Gasteiger partial charge in [-0.3, -0.25) is 5.41 Å². The number of hydrogen-bond donors (Lipinski definition) is 1. The van der Waals surface area contributed by atoms with E-state index in [1.54, 1.807) is 0 Å². The summed E-state index contributed by atoms with van der Waals surface area (Å²) in [5.41, 5.74) is 13.2. The molecule has 3 aromatic carbocycles. The SMILES string of the molecule is CC1=C(C)C(C)=C(c2cc3ccccc3cc2C(=N)c2ccc(C)c(C)c2C)C1. The molecule has 1 aliphatic carbocycles. The van der Waals surface area contributed by atoms with Gasteiger partial charge in [-0.2, -0.15) is 0 Å². The number of benzene rings is 3. The van der Waals surface area contributed by atoms with Crippen molar-refractivity contribution < 1.29 is 0 Å². The van der Waals surface area contributed by atoms with Crippen LogP contribution in [0.3, 0.4) is 0 Å². The van der Waals surface area contributed by atoms with Crippen LogP contribution in [0.5, 0.6) is 0 Å². The van der Waals surface area contributed by atoms with E-state index in [-0.39, 0.29) is 0 Å². The molecule has 4 rings (SSSR count). The van der Waals surface area contributed by atoms with Gasteiger partial charge in [-0.1, -0.05) is 42.0 Å². The molecule has 1 aliphatic rings. The largest absolute Gasteiger partial charge is 0.300 e. The normalized spacial score (nSPS) is 14.3. The maximum atomic E-state index is 9.19. The van der Waals surface area contributed by atoms with E-state index in [4.69, 9.17) is 0 Å². The van der Waals surface area contributed by atoms with Crippen LogP contribution in [-0.4, -0.2) is 5.71 Å². The van der Waals surface area contributed by atoms with Gasteiger partial charge < -0.3 is 0 Å². The first-order valence-corrected chi connectivity index (χ1v) is 10.3. The third-order valence-electron chi connectivity index (χ3n) is 6.90. The number of aryl methyl sites for hydroxylation is 1. The van der Waals surface area contributed by atoms with Crippen LogP contribution >= 0.6 is 0 Å². The maximum absolute atomic E-state index is 9.19. The highest BCUT2D eigenvalue weighted by Gasteiger charge is 2.22. The fourth-order valence-corrected chi connectivity index (χ4v) is 4.44. The molecule has 0 amide bonds. The van der Waals surface area contributed by atoms with E-state index >= 15 is 0 Å². The van der Waals surface area contributed by atoms with Crippen molar-refractivity contribution in [2.24, 2.45) is 0 Å². The average molecular weight is 380 g/mol. The highest BCUT2D eigenvalue weighted by Crippen LogP contribution is 2.40. The molecule has 1 nitrogen and oxygen atoms in total. The molecule has 0 aliphatic heterocycles. The standard InChI is InChI=1S/C28H29N/c1-16-11-12-24(20(5)18(16)3)28(29)27-15-23-10-8-7-9-22(23)14-26(27)25-13-17(2)19(4)21(25)6/h7-12,14-15,29H,13H2,1-6H3. The summed E-state index contributed by atoms with van der Waals surface area (Å²) in [4.78, 5) is 0. The van der Waals surface area contributed by atoms with E-state index in [1.165, 1.54) is 55.3 Å². The third kappa shape index (κ3) is 3.15. The number of rotatable bonds is 3. The Morgan fingerprint density at radius 3 is 2.00 bits per heavy atom. The van der Waals surface area contributed by atoms with Crippen molar-refractivity contribution in [2.75, 3.05) is 0 Å². The van der Waals surface area contributed by atoms with Crippen LogP contribution in [0.15, 0.2) is 65.3 Å². The predicted octanol–water partition coefficient (Wildman–Crippen LogP) is 7.69. The first kappa shape index (κ1) is 19.4. The van der Waals surface area contributed by atoms with E-state index in [0.717, 1.165) is 17.5 Å². The van der Waals surface area contributed by atoms with Crippen LogP contribution in [0, 0.1) is 26.2 Å². The van der Waals surface area contributed by atoms with Crippen LogP contribution in [0.2, 0.25) is 0 Å². The van der Waals surface area contributed by atoms with Gasteiger partial charge in [-0.05, 0) is 110 Å². The Hall–Kier alpha value is -2.93. The van der Waals surface area contributed by atoms with Gasteiger partial charge in [0.1, 0.15) is 0 Å². The Labute approximate surface area is 174 Å². The van der Waals surface area contributed by atoms with Gasteiger partial charge >= 0.3 is 0 Å². The molecular weight excluding hydrogens is 350 g/mol. The Morgan fingerprint density at radius 2 is 1.38 bits per heavy atom. The lowest BCUT2D eigenvalue weighted by atomic mass is 9.86. The minimum atomic E-state index is 0.619. The van der Waals surface area contributed by atoms with Crippen molar-refractivity contribution in [1.29, 1.82) is 5.41 Å². The number of hydrogen-bond acceptors (Lipinski definition) is 1. The first-order valence-electron chi connectivity index (χ1n) is 10.3. The van der Waals surface area contributed by atoms with Crippen molar-refractivity contribution in [1.82, 2.24) is 0 Å². The summed E-state index contributed by atoms with van der Waals surface area (Å²) in [6.07, 6.45) is 0.974. The fourth-order valence-electron chi connectivity index (χ4n) is 4.44. The topological polar surface area (TPSA) is 23.9 Å². The van der Waals surface area contributed by atoms with E-state index in [1.807, 2.05) is 0 Å². The van der Waals surface area contributed by atoms with Crippen molar-refractivity contribution in [3.8, 4) is 0 Å². The van der Waals surface area contributed by atoms with Gasteiger partial charge in [-0.15, -0.1) is 0 Å². The van der Waals surface area contributed by atoms with Crippen molar-refractivity contribution in [3.63, 3.8) is 0 Å². The van der Waals surface area contributed by atoms with Gasteiger partial charge in [-0.25, -0.2) is 0 Å². The Bertz CT molecular complexity index is 1230. The summed E-state index contributed by atoms with van der Waals surface area (Å²) in [6.45, 7) is 13.1. The molecule has 0 bridgehead atoms. The molecular formula is C28H29N. The summed E-state index contributed by atoms with van der Waals surface area (Å²) in [6, 6.07) is 17.2. The molecule has 0 atom stereocenters. The van der Waals surface area contributed by atoms with Crippen LogP contribution in [0.4, 0.5) is 0 Å². The maximum Gasteiger partial charge on any atom is 0.0693 e. The van der Waals surface area contributed by atoms with Crippen LogP contribution in [0.1, 0.15) is 60.6 Å². The molecule has 0 aromatic heterocycles. The lowest BCUT2D eigenvalue weighted by molar-refractivity contribution is 1.22. The highest BCUT2D eigenvalue weighted by molar-refractivity contribution is 6.16. The zero-order chi connectivity index (χ0) is 20.9. The number of allylic oxidation sites excluding steroid dienone is 4. The minimum Gasteiger partial charge on any atom is -0.300 e. The molecule has 3 aromatic rings. The van der Waals surface area contributed by atoms with Crippen LogP contribution in [0.25, 0.3) is 16.3 Å². The second-order valence-electron chi connectivity index (χ2n) is 8.49. The molecule has 1 N–H and O–H groups in total. The number of fused-ring (bicyclic) bond motifs is 1. The average Bonchev–Trinajstić information content (AvgIpc) is 2.98. The van der Waals surface area contributed by atoms with Crippen molar-refractivity contribution in [2.45, 2.75) is 48.0 Å². The van der Waals surface area contributed by atoms with Gasteiger partial charge in [0.2, 0.25) is 0 Å². The predicted molar refractivity (Wildman–Crippen MR) is 126 cm³/mol. The van der Waals surface area contributed by atoms with Crippen molar-refractivity contribution in [3.05, 3.63) is 98.6 Å². The van der Waals surface area contributed by atoms with Crippen LogP contribution < -0.4 is 0 Å². The van der Waals surface area contributed by atoms with E-state index < -0.39 is 0 Å². The molecule has 0 heterocycles. The van der Waals surface area contributed by atoms with Crippen LogP contribution in [-0.2, 0) is 0 Å². The van der Waals surface area contributed by atoms with Gasteiger partial charge in [0.15, 0.2) is 0 Å². The second kappa shape index (κ2) is 7.15. The molecule has 0 saturated carbocycles. The van der Waals surface area contributed by atoms with Gasteiger partial charge in [0.25, 0.3) is 0 Å². The second-order valence-corrected chi connectivity index (χ2v) is 8.49.